The van der Waals surface area contributed by atoms with E-state index in [-0.39, 0.29) is 0 Å². The third kappa shape index (κ3) is 3.64. The summed E-state index contributed by atoms with van der Waals surface area (Å²) in [6.45, 7) is 2.00. The van der Waals surface area contributed by atoms with E-state index in [4.69, 9.17) is 16.7 Å². The fourth-order valence-electron chi connectivity index (χ4n) is 1.01. The number of anilines is 1. The Kier molecular flexibility index (Phi) is 4.18. The van der Waals surface area contributed by atoms with Crippen LogP contribution in [0.5, 0.6) is 0 Å². The summed E-state index contributed by atoms with van der Waals surface area (Å²) < 4.78 is 0. The lowest BCUT2D eigenvalue weighted by molar-refractivity contribution is -0.132. The summed E-state index contributed by atoms with van der Waals surface area (Å²) in [6, 6.07) is 7.32. The monoisotopic (exact) mass is 225 g/mol. The zero-order valence-corrected chi connectivity index (χ0v) is 9.08. The second kappa shape index (κ2) is 5.41. The van der Waals surface area contributed by atoms with E-state index in [1.165, 1.54) is 0 Å². The highest BCUT2D eigenvalue weighted by atomic mass is 35.5. The Labute approximate surface area is 93.4 Å². The third-order valence-electron chi connectivity index (χ3n) is 1.91. The molecule has 0 aliphatic carbocycles. The lowest BCUT2D eigenvalue weighted by Gasteiger charge is -2.05. The maximum Gasteiger partial charge on any atom is 0.331 e. The van der Waals surface area contributed by atoms with Crippen molar-refractivity contribution in [3.05, 3.63) is 40.9 Å². The average Bonchev–Trinajstić information content (AvgIpc) is 2.20. The second-order valence-corrected chi connectivity index (χ2v) is 3.46. The van der Waals surface area contributed by atoms with Crippen LogP contribution in [0.25, 0.3) is 0 Å². The highest BCUT2D eigenvalue weighted by molar-refractivity contribution is 6.33. The summed E-state index contributed by atoms with van der Waals surface area (Å²) in [5.74, 6) is -0.907. The first-order valence-corrected chi connectivity index (χ1v) is 4.87. The van der Waals surface area contributed by atoms with Gasteiger partial charge in [0.15, 0.2) is 0 Å². The van der Waals surface area contributed by atoms with Gasteiger partial charge in [0, 0.05) is 12.1 Å². The molecule has 0 radical (unpaired) electrons. The van der Waals surface area contributed by atoms with Gasteiger partial charge in [0.25, 0.3) is 0 Å². The van der Waals surface area contributed by atoms with Crippen LogP contribution in [-0.4, -0.2) is 17.6 Å². The number of nitrogens with one attached hydrogen (secondary N) is 1. The highest BCUT2D eigenvalue weighted by Crippen LogP contribution is 2.19. The Balaban J connectivity index is 2.55. The molecule has 0 amide bonds. The van der Waals surface area contributed by atoms with E-state index in [9.17, 15) is 4.79 Å². The number of para-hydroxylation sites is 1. The van der Waals surface area contributed by atoms with Gasteiger partial charge in [-0.1, -0.05) is 29.8 Å². The van der Waals surface area contributed by atoms with Crippen LogP contribution < -0.4 is 5.32 Å². The van der Waals surface area contributed by atoms with Gasteiger partial charge in [-0.05, 0) is 19.1 Å². The predicted molar refractivity (Wildman–Crippen MR) is 61.3 cm³/mol. The quantitative estimate of drug-likeness (QED) is 0.775. The first-order chi connectivity index (χ1) is 7.11. The predicted octanol–water partition coefficient (Wildman–Crippen LogP) is 2.78. The normalized spacial score (nSPS) is 11.2. The molecule has 0 aromatic heterocycles. The second-order valence-electron chi connectivity index (χ2n) is 3.05. The van der Waals surface area contributed by atoms with Gasteiger partial charge in [0.2, 0.25) is 0 Å². The summed E-state index contributed by atoms with van der Waals surface area (Å²) in [5, 5.41) is 12.3. The van der Waals surface area contributed by atoms with Crippen molar-refractivity contribution in [1.82, 2.24) is 0 Å². The molecule has 0 saturated heterocycles. The fraction of sp³-hybridized carbons (Fsp3) is 0.182. The van der Waals surface area contributed by atoms with Crippen LogP contribution in [0.3, 0.4) is 0 Å². The number of carboxylic acid groups (broad SMARTS) is 1. The Morgan fingerprint density at radius 3 is 2.80 bits per heavy atom. The fourth-order valence-corrected chi connectivity index (χ4v) is 1.21. The van der Waals surface area contributed by atoms with Crippen LogP contribution in [0.15, 0.2) is 35.9 Å². The molecule has 0 saturated carbocycles. The molecule has 0 spiro atoms. The van der Waals surface area contributed by atoms with E-state index in [0.29, 0.717) is 17.1 Å². The summed E-state index contributed by atoms with van der Waals surface area (Å²) in [4.78, 5) is 10.5. The van der Waals surface area contributed by atoms with Crippen LogP contribution in [0.1, 0.15) is 6.92 Å². The molecule has 1 aromatic rings. The number of halogens is 1. The lowest BCUT2D eigenvalue weighted by Crippen LogP contribution is -2.03. The lowest BCUT2D eigenvalue weighted by atomic mass is 10.2. The van der Waals surface area contributed by atoms with Crippen LogP contribution in [-0.2, 0) is 4.79 Å². The molecule has 1 aromatic carbocycles. The van der Waals surface area contributed by atoms with Gasteiger partial charge in [-0.15, -0.1) is 0 Å². The van der Waals surface area contributed by atoms with Gasteiger partial charge in [0.1, 0.15) is 0 Å². The van der Waals surface area contributed by atoms with Gasteiger partial charge < -0.3 is 10.4 Å². The minimum atomic E-state index is -0.907. The van der Waals surface area contributed by atoms with Gasteiger partial charge in [0.05, 0.1) is 10.7 Å². The van der Waals surface area contributed by atoms with Crippen molar-refractivity contribution < 1.29 is 9.90 Å². The number of carbonyl (C=O) groups is 1. The summed E-state index contributed by atoms with van der Waals surface area (Å²) in [6.07, 6.45) is 1.60. The molecule has 2 N–H and O–H groups in total. The molecule has 0 unspecified atom stereocenters. The van der Waals surface area contributed by atoms with Crippen LogP contribution in [0, 0.1) is 0 Å². The first kappa shape index (κ1) is 11.6. The van der Waals surface area contributed by atoms with E-state index < -0.39 is 5.97 Å². The molecule has 0 heterocycles. The molecule has 0 aliphatic heterocycles. The first-order valence-electron chi connectivity index (χ1n) is 4.49. The zero-order valence-electron chi connectivity index (χ0n) is 8.33. The van der Waals surface area contributed by atoms with E-state index in [1.54, 1.807) is 19.1 Å². The van der Waals surface area contributed by atoms with Crippen LogP contribution in [0.2, 0.25) is 5.02 Å². The molecule has 0 aliphatic rings. The molecule has 0 bridgehead atoms. The standard InChI is InChI=1S/C11H12ClNO2/c1-8(11(14)15)6-7-13-10-5-3-2-4-9(10)12/h2-6,13H,7H2,1H3,(H,14,15)/b8-6-. The molecule has 80 valence electrons. The average molecular weight is 226 g/mol. The zero-order chi connectivity index (χ0) is 11.3. The van der Waals surface area contributed by atoms with E-state index in [0.717, 1.165) is 5.69 Å². The maximum atomic E-state index is 10.5. The van der Waals surface area contributed by atoms with Crippen molar-refractivity contribution >= 4 is 23.3 Å². The highest BCUT2D eigenvalue weighted by Gasteiger charge is 1.99. The number of rotatable bonds is 4. The van der Waals surface area contributed by atoms with Gasteiger partial charge in [-0.3, -0.25) is 0 Å². The molecule has 0 fully saturated rings. The molecule has 15 heavy (non-hydrogen) atoms. The minimum Gasteiger partial charge on any atom is -0.478 e. The topological polar surface area (TPSA) is 49.3 Å². The van der Waals surface area contributed by atoms with Crippen molar-refractivity contribution in [2.75, 3.05) is 11.9 Å². The van der Waals surface area contributed by atoms with Crippen molar-refractivity contribution in [1.29, 1.82) is 0 Å². The molecule has 1 rings (SSSR count). The van der Waals surface area contributed by atoms with E-state index in [1.807, 2.05) is 18.2 Å². The molecule has 3 nitrogen and oxygen atoms in total. The van der Waals surface area contributed by atoms with E-state index >= 15 is 0 Å². The summed E-state index contributed by atoms with van der Waals surface area (Å²) in [7, 11) is 0. The number of benzene rings is 1. The van der Waals surface area contributed by atoms with Gasteiger partial charge >= 0.3 is 5.97 Å². The van der Waals surface area contributed by atoms with Crippen molar-refractivity contribution in [2.24, 2.45) is 0 Å². The van der Waals surface area contributed by atoms with Crippen molar-refractivity contribution in [3.63, 3.8) is 0 Å². The number of hydrogen-bond donors (Lipinski definition) is 2. The molecular weight excluding hydrogens is 214 g/mol. The van der Waals surface area contributed by atoms with Crippen LogP contribution in [0.4, 0.5) is 5.69 Å². The Morgan fingerprint density at radius 2 is 2.20 bits per heavy atom. The molecular formula is C11H12ClNO2. The minimum absolute atomic E-state index is 0.314. The number of carboxylic acids is 1. The Morgan fingerprint density at radius 1 is 1.53 bits per heavy atom. The van der Waals surface area contributed by atoms with Crippen molar-refractivity contribution in [2.45, 2.75) is 6.92 Å². The largest absolute Gasteiger partial charge is 0.478 e. The molecule has 0 atom stereocenters. The molecule has 4 heteroatoms. The van der Waals surface area contributed by atoms with Crippen molar-refractivity contribution in [3.8, 4) is 0 Å². The van der Waals surface area contributed by atoms with Gasteiger partial charge in [-0.2, -0.15) is 0 Å². The van der Waals surface area contributed by atoms with Gasteiger partial charge in [-0.25, -0.2) is 4.79 Å². The number of hydrogen-bond acceptors (Lipinski definition) is 2. The number of aliphatic carboxylic acids is 1. The smallest absolute Gasteiger partial charge is 0.331 e. The SMILES string of the molecule is C/C(=C/CNc1ccccc1Cl)C(=O)O. The third-order valence-corrected chi connectivity index (χ3v) is 2.24. The summed E-state index contributed by atoms with van der Waals surface area (Å²) >= 11 is 5.90. The van der Waals surface area contributed by atoms with E-state index in [2.05, 4.69) is 5.32 Å². The Hall–Kier alpha value is -1.48. The Bertz CT molecular complexity index is 388. The maximum absolute atomic E-state index is 10.5. The summed E-state index contributed by atoms with van der Waals surface area (Å²) in [5.41, 5.74) is 1.11. The van der Waals surface area contributed by atoms with Crippen LogP contribution >= 0.6 is 11.6 Å².